The molecule has 0 aromatic rings. The molecule has 71 heavy (non-hydrogen) atoms. The maximum absolute atomic E-state index is 12.9. The van der Waals surface area contributed by atoms with Crippen molar-refractivity contribution in [2.45, 2.75) is 322 Å². The minimum Gasteiger partial charge on any atom is -0.462 e. The van der Waals surface area contributed by atoms with Gasteiger partial charge in [0, 0.05) is 19.3 Å². The fourth-order valence-corrected chi connectivity index (χ4v) is 8.92. The lowest BCUT2D eigenvalue weighted by Gasteiger charge is -2.18. The number of allylic oxidation sites excluding steroid dienone is 10. The normalized spacial score (nSPS) is 12.4. The minimum absolute atomic E-state index is 0.0949. The molecule has 0 aliphatic rings. The van der Waals surface area contributed by atoms with Crippen LogP contribution in [0.1, 0.15) is 316 Å². The fraction of sp³-hybridized carbons (Fsp3) is 0.800. The summed E-state index contributed by atoms with van der Waals surface area (Å²) in [5, 5.41) is 0. The van der Waals surface area contributed by atoms with Gasteiger partial charge in [-0.15, -0.1) is 0 Å². The average Bonchev–Trinajstić information content (AvgIpc) is 3.37. The molecule has 0 amide bonds. The molecule has 0 radical (unpaired) electrons. The number of rotatable bonds is 56. The van der Waals surface area contributed by atoms with Crippen LogP contribution in [0.5, 0.6) is 0 Å². The standard InChI is InChI=1S/C65H116O6/c1-4-7-10-13-16-19-22-25-27-29-30-31-32-33-34-36-37-40-43-46-49-52-55-58-64(67)70-61-62(60-69-63(66)57-54-51-48-45-42-39-24-21-18-15-12-9-6-3)71-65(68)59-56-53-50-47-44-41-38-35-28-26-23-20-17-14-11-8-5-2/h9,12,18,21,26,28,39,42,48,51,62H,4-8,10-11,13-17,19-20,22-25,27,29-38,40-41,43-47,49-50,52-61H2,1-3H3/b12-9-,21-18-,28-26-,42-39-,51-48-. The first kappa shape index (κ1) is 68.1. The summed E-state index contributed by atoms with van der Waals surface area (Å²) in [6.45, 7) is 6.49. The van der Waals surface area contributed by atoms with Crippen molar-refractivity contribution in [3.8, 4) is 0 Å². The molecule has 0 heterocycles. The van der Waals surface area contributed by atoms with E-state index in [1.54, 1.807) is 0 Å². The van der Waals surface area contributed by atoms with Gasteiger partial charge >= 0.3 is 17.9 Å². The van der Waals surface area contributed by atoms with E-state index < -0.39 is 6.10 Å². The third-order valence-electron chi connectivity index (χ3n) is 13.5. The van der Waals surface area contributed by atoms with E-state index in [2.05, 4.69) is 75.5 Å². The van der Waals surface area contributed by atoms with Crippen molar-refractivity contribution in [1.82, 2.24) is 0 Å². The maximum atomic E-state index is 12.9. The molecule has 1 unspecified atom stereocenters. The Morgan fingerprint density at radius 3 is 0.944 bits per heavy atom. The largest absolute Gasteiger partial charge is 0.462 e. The highest BCUT2D eigenvalue weighted by Gasteiger charge is 2.19. The van der Waals surface area contributed by atoms with Crippen LogP contribution in [0.25, 0.3) is 0 Å². The first-order chi connectivity index (χ1) is 35.0. The molecule has 0 spiro atoms. The van der Waals surface area contributed by atoms with Gasteiger partial charge in [-0.3, -0.25) is 14.4 Å². The summed E-state index contributed by atoms with van der Waals surface area (Å²) < 4.78 is 16.8. The first-order valence-electron chi connectivity index (χ1n) is 30.8. The Bertz CT molecular complexity index is 1280. The molecule has 0 fully saturated rings. The Hall–Kier alpha value is -2.89. The fourth-order valence-electron chi connectivity index (χ4n) is 8.92. The Balaban J connectivity index is 4.32. The van der Waals surface area contributed by atoms with Gasteiger partial charge in [0.15, 0.2) is 6.10 Å². The Morgan fingerprint density at radius 1 is 0.296 bits per heavy atom. The highest BCUT2D eigenvalue weighted by molar-refractivity contribution is 5.71. The summed E-state index contributed by atoms with van der Waals surface area (Å²) >= 11 is 0. The van der Waals surface area contributed by atoms with Crippen LogP contribution in [0.2, 0.25) is 0 Å². The van der Waals surface area contributed by atoms with Crippen molar-refractivity contribution in [3.63, 3.8) is 0 Å². The summed E-state index contributed by atoms with van der Waals surface area (Å²) in [6, 6.07) is 0. The third kappa shape index (κ3) is 57.9. The topological polar surface area (TPSA) is 78.9 Å². The van der Waals surface area contributed by atoms with E-state index in [4.69, 9.17) is 14.2 Å². The lowest BCUT2D eigenvalue weighted by atomic mass is 10.0. The second kappa shape index (κ2) is 59.7. The van der Waals surface area contributed by atoms with Gasteiger partial charge in [0.05, 0.1) is 0 Å². The highest BCUT2D eigenvalue weighted by atomic mass is 16.6. The molecule has 0 aromatic carbocycles. The van der Waals surface area contributed by atoms with Crippen molar-refractivity contribution >= 4 is 17.9 Å². The average molecular weight is 994 g/mol. The van der Waals surface area contributed by atoms with Crippen LogP contribution in [-0.2, 0) is 28.6 Å². The summed E-state index contributed by atoms with van der Waals surface area (Å²) in [6.07, 6.45) is 75.3. The number of ether oxygens (including phenoxy) is 3. The number of carbonyl (C=O) groups excluding carboxylic acids is 3. The second-order valence-corrected chi connectivity index (χ2v) is 20.6. The lowest BCUT2D eigenvalue weighted by molar-refractivity contribution is -0.166. The molecule has 0 saturated heterocycles. The Labute approximate surface area is 440 Å². The quantitative estimate of drug-likeness (QED) is 0.0261. The minimum atomic E-state index is -0.804. The summed E-state index contributed by atoms with van der Waals surface area (Å²) in [5.41, 5.74) is 0. The van der Waals surface area contributed by atoms with Crippen molar-refractivity contribution in [1.29, 1.82) is 0 Å². The molecule has 412 valence electrons. The predicted molar refractivity (Wildman–Crippen MR) is 307 cm³/mol. The molecule has 0 saturated carbocycles. The second-order valence-electron chi connectivity index (χ2n) is 20.6. The number of hydrogen-bond donors (Lipinski definition) is 0. The van der Waals surface area contributed by atoms with Crippen LogP contribution in [0.3, 0.4) is 0 Å². The molecular weight excluding hydrogens is 877 g/mol. The molecule has 0 bridgehead atoms. The van der Waals surface area contributed by atoms with E-state index >= 15 is 0 Å². The number of carbonyl (C=O) groups is 3. The van der Waals surface area contributed by atoms with Gasteiger partial charge in [-0.2, -0.15) is 0 Å². The SMILES string of the molecule is CC/C=C\C/C=C\C/C=C\C/C=C\CCC(=O)OCC(COC(=O)CCCCCCCCCCCCCCCCCCCCCCCCC)OC(=O)CCCCCCCCC/C=C\CCCCCCCC. The molecule has 0 aromatic heterocycles. The van der Waals surface area contributed by atoms with Gasteiger partial charge in [0.25, 0.3) is 0 Å². The van der Waals surface area contributed by atoms with Crippen LogP contribution >= 0.6 is 0 Å². The summed E-state index contributed by atoms with van der Waals surface area (Å²) in [7, 11) is 0. The third-order valence-corrected chi connectivity index (χ3v) is 13.5. The van der Waals surface area contributed by atoms with E-state index in [0.29, 0.717) is 19.3 Å². The number of hydrogen-bond acceptors (Lipinski definition) is 6. The number of esters is 3. The Kier molecular flexibility index (Phi) is 57.2. The van der Waals surface area contributed by atoms with Crippen molar-refractivity contribution < 1.29 is 28.6 Å². The number of unbranched alkanes of at least 4 members (excludes halogenated alkanes) is 35. The van der Waals surface area contributed by atoms with Crippen LogP contribution in [0.4, 0.5) is 0 Å². The van der Waals surface area contributed by atoms with Gasteiger partial charge in [0.1, 0.15) is 13.2 Å². The van der Waals surface area contributed by atoms with E-state index in [1.165, 1.54) is 205 Å². The molecule has 0 aliphatic carbocycles. The summed E-state index contributed by atoms with van der Waals surface area (Å²) in [5.74, 6) is -0.970. The van der Waals surface area contributed by atoms with Gasteiger partial charge < -0.3 is 14.2 Å². The zero-order valence-corrected chi connectivity index (χ0v) is 47.2. The van der Waals surface area contributed by atoms with Crippen LogP contribution in [0, 0.1) is 0 Å². The lowest BCUT2D eigenvalue weighted by Crippen LogP contribution is -2.30. The molecule has 1 atom stereocenters. The molecule has 0 N–H and O–H groups in total. The smallest absolute Gasteiger partial charge is 0.306 e. The summed E-state index contributed by atoms with van der Waals surface area (Å²) in [4.78, 5) is 38.2. The van der Waals surface area contributed by atoms with E-state index in [0.717, 1.165) is 64.2 Å². The van der Waals surface area contributed by atoms with Crippen molar-refractivity contribution in [2.75, 3.05) is 13.2 Å². The molecule has 6 heteroatoms. The zero-order chi connectivity index (χ0) is 51.4. The maximum Gasteiger partial charge on any atom is 0.306 e. The van der Waals surface area contributed by atoms with Gasteiger partial charge in [-0.25, -0.2) is 0 Å². The van der Waals surface area contributed by atoms with Gasteiger partial charge in [-0.05, 0) is 70.6 Å². The van der Waals surface area contributed by atoms with E-state index in [-0.39, 0.29) is 37.5 Å². The monoisotopic (exact) mass is 993 g/mol. The van der Waals surface area contributed by atoms with Crippen LogP contribution in [0.15, 0.2) is 60.8 Å². The zero-order valence-electron chi connectivity index (χ0n) is 47.2. The van der Waals surface area contributed by atoms with Gasteiger partial charge in [-0.1, -0.05) is 287 Å². The van der Waals surface area contributed by atoms with Crippen LogP contribution in [-0.4, -0.2) is 37.2 Å². The molecule has 0 aliphatic heterocycles. The predicted octanol–water partition coefficient (Wildman–Crippen LogP) is 20.8. The van der Waals surface area contributed by atoms with Crippen molar-refractivity contribution in [2.24, 2.45) is 0 Å². The highest BCUT2D eigenvalue weighted by Crippen LogP contribution is 2.17. The first-order valence-corrected chi connectivity index (χ1v) is 30.8. The van der Waals surface area contributed by atoms with Gasteiger partial charge in [0.2, 0.25) is 0 Å². The molecular formula is C65H116O6. The van der Waals surface area contributed by atoms with Crippen molar-refractivity contribution in [3.05, 3.63) is 60.8 Å². The Morgan fingerprint density at radius 2 is 0.577 bits per heavy atom. The molecule has 6 nitrogen and oxygen atoms in total. The van der Waals surface area contributed by atoms with Crippen LogP contribution < -0.4 is 0 Å². The molecule has 0 rings (SSSR count). The van der Waals surface area contributed by atoms with E-state index in [1.807, 2.05) is 6.08 Å². The van der Waals surface area contributed by atoms with E-state index in [9.17, 15) is 14.4 Å².